The van der Waals surface area contributed by atoms with Gasteiger partial charge in [0.05, 0.1) is 18.7 Å². The largest absolute Gasteiger partial charge is 0.497 e. The van der Waals surface area contributed by atoms with Crippen LogP contribution in [-0.2, 0) is 0 Å². The van der Waals surface area contributed by atoms with Crippen molar-refractivity contribution in [2.24, 2.45) is 5.73 Å². The van der Waals surface area contributed by atoms with Crippen LogP contribution in [0.25, 0.3) is 5.52 Å². The van der Waals surface area contributed by atoms with Gasteiger partial charge in [0.1, 0.15) is 11.6 Å². The summed E-state index contributed by atoms with van der Waals surface area (Å²) in [6.45, 7) is 1.87. The van der Waals surface area contributed by atoms with E-state index < -0.39 is 0 Å². The zero-order valence-electron chi connectivity index (χ0n) is 8.57. The van der Waals surface area contributed by atoms with Gasteiger partial charge in [0.2, 0.25) is 0 Å². The molecule has 1 unspecified atom stereocenters. The molecule has 0 aliphatic rings. The zero-order chi connectivity index (χ0) is 11.0. The molecule has 5 heteroatoms. The molecule has 80 valence electrons. The van der Waals surface area contributed by atoms with Gasteiger partial charge in [-0.1, -0.05) is 11.6 Å². The van der Waals surface area contributed by atoms with Crippen LogP contribution >= 0.6 is 11.6 Å². The summed E-state index contributed by atoms with van der Waals surface area (Å²) in [7, 11) is 1.61. The molecule has 15 heavy (non-hydrogen) atoms. The van der Waals surface area contributed by atoms with E-state index in [0.717, 1.165) is 17.1 Å². The molecule has 0 fully saturated rings. The van der Waals surface area contributed by atoms with Gasteiger partial charge in [-0.2, -0.15) is 0 Å². The number of rotatable bonds is 2. The number of aromatic nitrogens is 2. The van der Waals surface area contributed by atoms with Crippen LogP contribution < -0.4 is 10.5 Å². The van der Waals surface area contributed by atoms with Crippen molar-refractivity contribution in [3.05, 3.63) is 29.3 Å². The molecule has 0 amide bonds. The van der Waals surface area contributed by atoms with Gasteiger partial charge in [-0.05, 0) is 13.0 Å². The van der Waals surface area contributed by atoms with Gasteiger partial charge < -0.3 is 14.9 Å². The van der Waals surface area contributed by atoms with Crippen molar-refractivity contribution in [1.82, 2.24) is 9.38 Å². The Balaban J connectivity index is 2.69. The van der Waals surface area contributed by atoms with E-state index in [1.165, 1.54) is 0 Å². The van der Waals surface area contributed by atoms with E-state index in [0.29, 0.717) is 5.15 Å². The predicted molar refractivity (Wildman–Crippen MR) is 59.4 cm³/mol. The predicted octanol–water partition coefficient (Wildman–Crippen LogP) is 2.02. The summed E-state index contributed by atoms with van der Waals surface area (Å²) in [5.74, 6) is 1.50. The molecule has 0 bridgehead atoms. The maximum absolute atomic E-state index is 6.01. The minimum atomic E-state index is -0.154. The van der Waals surface area contributed by atoms with Crippen LogP contribution in [0, 0.1) is 0 Å². The van der Waals surface area contributed by atoms with Gasteiger partial charge in [-0.15, -0.1) is 0 Å². The maximum atomic E-state index is 6.01. The summed E-state index contributed by atoms with van der Waals surface area (Å²) >= 11 is 6.01. The molecule has 0 aliphatic heterocycles. The molecule has 0 saturated heterocycles. The standard InChI is InChI=1S/C10H12ClN3O/c1-6(12)10-13-9(11)8-5-7(15-2)3-4-14(8)10/h3-6H,12H2,1-2H3. The fourth-order valence-corrected chi connectivity index (χ4v) is 1.73. The van der Waals surface area contributed by atoms with E-state index in [9.17, 15) is 0 Å². The first-order valence-electron chi connectivity index (χ1n) is 4.60. The fraction of sp³-hybridized carbons (Fsp3) is 0.300. The molecule has 2 aromatic heterocycles. The van der Waals surface area contributed by atoms with Crippen molar-refractivity contribution in [3.63, 3.8) is 0 Å². The Bertz CT molecular complexity index is 493. The first-order chi connectivity index (χ1) is 7.13. The Morgan fingerprint density at radius 3 is 2.93 bits per heavy atom. The van der Waals surface area contributed by atoms with Crippen molar-refractivity contribution in [3.8, 4) is 5.75 Å². The highest BCUT2D eigenvalue weighted by Gasteiger charge is 2.12. The average Bonchev–Trinajstić information content (AvgIpc) is 2.56. The van der Waals surface area contributed by atoms with Crippen LogP contribution in [0.5, 0.6) is 5.75 Å². The first kappa shape index (κ1) is 10.3. The number of nitrogens with zero attached hydrogens (tertiary/aromatic N) is 2. The molecular formula is C10H12ClN3O. The number of ether oxygens (including phenoxy) is 1. The molecule has 0 saturated carbocycles. The van der Waals surface area contributed by atoms with Crippen LogP contribution in [0.4, 0.5) is 0 Å². The van der Waals surface area contributed by atoms with Crippen LogP contribution in [-0.4, -0.2) is 16.5 Å². The fourth-order valence-electron chi connectivity index (χ4n) is 1.50. The van der Waals surface area contributed by atoms with Crippen LogP contribution in [0.1, 0.15) is 18.8 Å². The highest BCUT2D eigenvalue weighted by Crippen LogP contribution is 2.24. The smallest absolute Gasteiger partial charge is 0.155 e. The molecule has 2 heterocycles. The Labute approximate surface area is 92.6 Å². The van der Waals surface area contributed by atoms with Gasteiger partial charge in [0, 0.05) is 12.3 Å². The SMILES string of the molecule is COc1ccn2c(C(C)N)nc(Cl)c2c1. The summed E-state index contributed by atoms with van der Waals surface area (Å²) in [6.07, 6.45) is 1.85. The van der Waals surface area contributed by atoms with Crippen molar-refractivity contribution in [2.75, 3.05) is 7.11 Å². The van der Waals surface area contributed by atoms with Crippen LogP contribution in [0.2, 0.25) is 5.15 Å². The number of methoxy groups -OCH3 is 1. The summed E-state index contributed by atoms with van der Waals surface area (Å²) in [6, 6.07) is 3.52. The van der Waals surface area contributed by atoms with Gasteiger partial charge in [0.25, 0.3) is 0 Å². The highest BCUT2D eigenvalue weighted by atomic mass is 35.5. The summed E-state index contributed by atoms with van der Waals surface area (Å²) in [5.41, 5.74) is 6.60. The zero-order valence-corrected chi connectivity index (χ0v) is 9.32. The van der Waals surface area contributed by atoms with E-state index in [-0.39, 0.29) is 6.04 Å². The number of fused-ring (bicyclic) bond motifs is 1. The number of nitrogens with two attached hydrogens (primary N) is 1. The Morgan fingerprint density at radius 1 is 1.60 bits per heavy atom. The lowest BCUT2D eigenvalue weighted by molar-refractivity contribution is 0.414. The third-order valence-electron chi connectivity index (χ3n) is 2.24. The highest BCUT2D eigenvalue weighted by molar-refractivity contribution is 6.32. The quantitative estimate of drug-likeness (QED) is 0.851. The molecule has 0 radical (unpaired) electrons. The monoisotopic (exact) mass is 225 g/mol. The van der Waals surface area contributed by atoms with Crippen LogP contribution in [0.15, 0.2) is 18.3 Å². The summed E-state index contributed by atoms with van der Waals surface area (Å²) in [5, 5.41) is 0.446. The summed E-state index contributed by atoms with van der Waals surface area (Å²) in [4.78, 5) is 4.21. The molecule has 0 aromatic carbocycles. The van der Waals surface area contributed by atoms with Gasteiger partial charge in [-0.3, -0.25) is 0 Å². The number of hydrogen-bond donors (Lipinski definition) is 1. The van der Waals surface area contributed by atoms with E-state index in [2.05, 4.69) is 4.98 Å². The van der Waals surface area contributed by atoms with E-state index in [1.54, 1.807) is 7.11 Å². The Morgan fingerprint density at radius 2 is 2.33 bits per heavy atom. The Hall–Kier alpha value is -1.26. The second-order valence-corrected chi connectivity index (χ2v) is 3.73. The normalized spacial score (nSPS) is 13.1. The molecule has 2 aromatic rings. The third kappa shape index (κ3) is 1.66. The molecule has 2 rings (SSSR count). The summed E-state index contributed by atoms with van der Waals surface area (Å²) < 4.78 is 6.99. The molecule has 0 aliphatic carbocycles. The van der Waals surface area contributed by atoms with E-state index in [1.807, 2.05) is 29.7 Å². The van der Waals surface area contributed by atoms with Crippen LogP contribution in [0.3, 0.4) is 0 Å². The lowest BCUT2D eigenvalue weighted by Crippen LogP contribution is -2.09. The topological polar surface area (TPSA) is 52.5 Å². The third-order valence-corrected chi connectivity index (χ3v) is 2.52. The minimum Gasteiger partial charge on any atom is -0.497 e. The van der Waals surface area contributed by atoms with E-state index >= 15 is 0 Å². The number of halogens is 1. The minimum absolute atomic E-state index is 0.154. The number of imidazole rings is 1. The molecular weight excluding hydrogens is 214 g/mol. The van der Waals surface area contributed by atoms with Crippen molar-refractivity contribution >= 4 is 17.1 Å². The lowest BCUT2D eigenvalue weighted by Gasteiger charge is -2.05. The van der Waals surface area contributed by atoms with Gasteiger partial charge >= 0.3 is 0 Å². The Kier molecular flexibility index (Phi) is 2.54. The first-order valence-corrected chi connectivity index (χ1v) is 4.98. The van der Waals surface area contributed by atoms with Crippen molar-refractivity contribution in [1.29, 1.82) is 0 Å². The molecule has 1 atom stereocenters. The van der Waals surface area contributed by atoms with E-state index in [4.69, 9.17) is 22.1 Å². The molecule has 2 N–H and O–H groups in total. The average molecular weight is 226 g/mol. The molecule has 0 spiro atoms. The number of pyridine rings is 1. The van der Waals surface area contributed by atoms with Gasteiger partial charge in [-0.25, -0.2) is 4.98 Å². The maximum Gasteiger partial charge on any atom is 0.155 e. The second kappa shape index (κ2) is 3.72. The second-order valence-electron chi connectivity index (χ2n) is 3.37. The van der Waals surface area contributed by atoms with Crippen molar-refractivity contribution < 1.29 is 4.74 Å². The molecule has 4 nitrogen and oxygen atoms in total. The van der Waals surface area contributed by atoms with Crippen molar-refractivity contribution in [2.45, 2.75) is 13.0 Å². The lowest BCUT2D eigenvalue weighted by atomic mass is 10.3. The van der Waals surface area contributed by atoms with Gasteiger partial charge in [0.15, 0.2) is 5.15 Å². The number of hydrogen-bond acceptors (Lipinski definition) is 3.